The minimum atomic E-state index is -0.736. The predicted molar refractivity (Wildman–Crippen MR) is 125 cm³/mol. The van der Waals surface area contributed by atoms with Crippen LogP contribution in [0.4, 0.5) is 0 Å². The largest absolute Gasteiger partial charge is 0.507 e. The van der Waals surface area contributed by atoms with Gasteiger partial charge in [-0.1, -0.05) is 48.0 Å². The molecule has 2 aromatic carbocycles. The molecule has 1 fully saturated rings. The van der Waals surface area contributed by atoms with E-state index in [0.29, 0.717) is 16.9 Å². The summed E-state index contributed by atoms with van der Waals surface area (Å²) in [7, 11) is 0. The van der Waals surface area contributed by atoms with Crippen molar-refractivity contribution in [2.75, 3.05) is 0 Å². The number of aliphatic hydroxyl groups is 1. The molecule has 168 valence electrons. The second-order valence-electron chi connectivity index (χ2n) is 8.39. The number of likely N-dealkylation sites (tertiary alicyclic amines) is 1. The average Bonchev–Trinajstić information content (AvgIpc) is 3.05. The summed E-state index contributed by atoms with van der Waals surface area (Å²) in [6.07, 6.45) is 3.34. The number of ketones is 1. The Morgan fingerprint density at radius 1 is 1.06 bits per heavy atom. The van der Waals surface area contributed by atoms with Gasteiger partial charge in [-0.15, -0.1) is 0 Å². The van der Waals surface area contributed by atoms with Gasteiger partial charge in [0.15, 0.2) is 0 Å². The standard InChI is InChI=1S/C27H26N2O4/c1-17(2)33-22-12-10-20(11-13-22)24-23(25(30)21-8-6-18(3)7-9-21)26(31)27(32)29(24)16-19-5-4-14-28-15-19/h4-15,17,24,30H,16H2,1-3H3. The van der Waals surface area contributed by atoms with E-state index in [2.05, 4.69) is 4.98 Å². The van der Waals surface area contributed by atoms with Crippen molar-refractivity contribution in [2.24, 2.45) is 0 Å². The van der Waals surface area contributed by atoms with Crippen molar-refractivity contribution in [1.82, 2.24) is 9.88 Å². The molecule has 1 amide bonds. The van der Waals surface area contributed by atoms with Crippen molar-refractivity contribution < 1.29 is 19.4 Å². The van der Waals surface area contributed by atoms with E-state index in [0.717, 1.165) is 11.1 Å². The number of aromatic nitrogens is 1. The monoisotopic (exact) mass is 442 g/mol. The van der Waals surface area contributed by atoms with Gasteiger partial charge in [-0.05, 0) is 50.1 Å². The second kappa shape index (κ2) is 9.28. The van der Waals surface area contributed by atoms with Gasteiger partial charge in [0.25, 0.3) is 11.7 Å². The number of hydrogen-bond donors (Lipinski definition) is 1. The van der Waals surface area contributed by atoms with Crippen molar-refractivity contribution in [3.63, 3.8) is 0 Å². The van der Waals surface area contributed by atoms with Crippen LogP contribution in [-0.4, -0.2) is 32.8 Å². The molecule has 1 aliphatic rings. The lowest BCUT2D eigenvalue weighted by atomic mass is 9.95. The number of pyridine rings is 1. The number of carbonyl (C=O) groups is 2. The number of ether oxygens (including phenoxy) is 1. The summed E-state index contributed by atoms with van der Waals surface area (Å²) in [6.45, 7) is 6.02. The number of amides is 1. The highest BCUT2D eigenvalue weighted by Crippen LogP contribution is 2.40. The van der Waals surface area contributed by atoms with Crippen LogP contribution in [0.2, 0.25) is 0 Å². The van der Waals surface area contributed by atoms with Crippen molar-refractivity contribution >= 4 is 17.4 Å². The van der Waals surface area contributed by atoms with Gasteiger partial charge in [-0.25, -0.2) is 0 Å². The first-order valence-corrected chi connectivity index (χ1v) is 10.9. The van der Waals surface area contributed by atoms with Gasteiger partial charge in [0.2, 0.25) is 0 Å². The van der Waals surface area contributed by atoms with Crippen LogP contribution in [0.1, 0.15) is 42.1 Å². The Labute approximate surface area is 193 Å². The Kier molecular flexibility index (Phi) is 6.27. The molecular formula is C27H26N2O4. The third kappa shape index (κ3) is 4.65. The van der Waals surface area contributed by atoms with Crippen LogP contribution in [0.25, 0.3) is 5.76 Å². The van der Waals surface area contributed by atoms with E-state index in [4.69, 9.17) is 4.74 Å². The normalized spacial score (nSPS) is 17.6. The smallest absolute Gasteiger partial charge is 0.295 e. The summed E-state index contributed by atoms with van der Waals surface area (Å²) in [5.41, 5.74) is 3.10. The van der Waals surface area contributed by atoms with Crippen LogP contribution >= 0.6 is 0 Å². The zero-order valence-electron chi connectivity index (χ0n) is 18.9. The van der Waals surface area contributed by atoms with Crippen molar-refractivity contribution in [2.45, 2.75) is 39.5 Å². The highest BCUT2D eigenvalue weighted by molar-refractivity contribution is 6.46. The Morgan fingerprint density at radius 3 is 2.36 bits per heavy atom. The number of aliphatic hydroxyl groups excluding tert-OH is 1. The molecule has 0 bridgehead atoms. The van der Waals surface area contributed by atoms with Gasteiger partial charge in [-0.3, -0.25) is 14.6 Å². The van der Waals surface area contributed by atoms with E-state index < -0.39 is 17.7 Å². The van der Waals surface area contributed by atoms with Gasteiger partial charge < -0.3 is 14.7 Å². The van der Waals surface area contributed by atoms with Crippen molar-refractivity contribution in [3.05, 3.63) is 101 Å². The highest BCUT2D eigenvalue weighted by Gasteiger charge is 2.46. The highest BCUT2D eigenvalue weighted by atomic mass is 16.5. The Hall–Kier alpha value is -3.93. The maximum absolute atomic E-state index is 13.1. The minimum Gasteiger partial charge on any atom is -0.507 e. The van der Waals surface area contributed by atoms with Gasteiger partial charge in [0, 0.05) is 24.5 Å². The quantitative estimate of drug-likeness (QED) is 0.337. The zero-order valence-corrected chi connectivity index (χ0v) is 18.9. The van der Waals surface area contributed by atoms with Crippen LogP contribution in [0.5, 0.6) is 5.75 Å². The predicted octanol–water partition coefficient (Wildman–Crippen LogP) is 4.80. The van der Waals surface area contributed by atoms with E-state index in [1.165, 1.54) is 4.90 Å². The Balaban J connectivity index is 1.81. The maximum Gasteiger partial charge on any atom is 0.295 e. The molecule has 6 nitrogen and oxygen atoms in total. The summed E-state index contributed by atoms with van der Waals surface area (Å²) in [5.74, 6) is -0.851. The molecule has 33 heavy (non-hydrogen) atoms. The summed E-state index contributed by atoms with van der Waals surface area (Å²) in [6, 6.07) is 17.4. The lowest BCUT2D eigenvalue weighted by molar-refractivity contribution is -0.140. The van der Waals surface area contributed by atoms with Gasteiger partial charge in [-0.2, -0.15) is 0 Å². The van der Waals surface area contributed by atoms with Gasteiger partial charge in [0.1, 0.15) is 11.5 Å². The molecule has 0 saturated carbocycles. The number of aryl methyl sites for hydroxylation is 1. The fourth-order valence-electron chi connectivity index (χ4n) is 3.95. The van der Waals surface area contributed by atoms with Crippen molar-refractivity contribution in [1.29, 1.82) is 0 Å². The van der Waals surface area contributed by atoms with E-state index in [1.54, 1.807) is 30.6 Å². The number of carbonyl (C=O) groups excluding carboxylic acids is 2. The summed E-state index contributed by atoms with van der Waals surface area (Å²) in [5, 5.41) is 11.1. The van der Waals surface area contributed by atoms with Crippen LogP contribution in [0.15, 0.2) is 78.6 Å². The number of hydrogen-bond acceptors (Lipinski definition) is 5. The molecule has 1 aliphatic heterocycles. The number of Topliss-reactive ketones (excluding diaryl/α,β-unsaturated/α-hetero) is 1. The number of rotatable bonds is 6. The summed E-state index contributed by atoms with van der Waals surface area (Å²) in [4.78, 5) is 31.8. The summed E-state index contributed by atoms with van der Waals surface area (Å²) < 4.78 is 5.73. The topological polar surface area (TPSA) is 79.7 Å². The molecule has 3 aromatic rings. The number of nitrogens with zero attached hydrogens (tertiary/aromatic N) is 2. The molecular weight excluding hydrogens is 416 g/mol. The van der Waals surface area contributed by atoms with Crippen LogP contribution in [-0.2, 0) is 16.1 Å². The fraction of sp³-hybridized carbons (Fsp3) is 0.222. The number of benzene rings is 2. The molecule has 0 radical (unpaired) electrons. The molecule has 1 unspecified atom stereocenters. The molecule has 1 saturated heterocycles. The third-order valence-corrected chi connectivity index (χ3v) is 5.51. The molecule has 6 heteroatoms. The van der Waals surface area contributed by atoms with Gasteiger partial charge >= 0.3 is 0 Å². The first-order valence-electron chi connectivity index (χ1n) is 10.9. The fourth-order valence-corrected chi connectivity index (χ4v) is 3.95. The van der Waals surface area contributed by atoms with E-state index >= 15 is 0 Å². The SMILES string of the molecule is Cc1ccc(C(O)=C2C(=O)C(=O)N(Cc3cccnc3)C2c2ccc(OC(C)C)cc2)cc1. The maximum atomic E-state index is 13.1. The zero-order chi connectivity index (χ0) is 23.5. The molecule has 1 aromatic heterocycles. The Bertz CT molecular complexity index is 1180. The minimum absolute atomic E-state index is 0.0219. The molecule has 0 aliphatic carbocycles. The van der Waals surface area contributed by atoms with Crippen LogP contribution in [0, 0.1) is 6.92 Å². The summed E-state index contributed by atoms with van der Waals surface area (Å²) >= 11 is 0. The van der Waals surface area contributed by atoms with Crippen LogP contribution < -0.4 is 4.74 Å². The molecule has 0 spiro atoms. The van der Waals surface area contributed by atoms with E-state index in [1.807, 2.05) is 63.2 Å². The molecule has 4 rings (SSSR count). The molecule has 1 atom stereocenters. The van der Waals surface area contributed by atoms with E-state index in [-0.39, 0.29) is 24.0 Å². The molecule has 1 N–H and O–H groups in total. The first-order chi connectivity index (χ1) is 15.8. The third-order valence-electron chi connectivity index (χ3n) is 5.51. The van der Waals surface area contributed by atoms with E-state index in [9.17, 15) is 14.7 Å². The lowest BCUT2D eigenvalue weighted by Gasteiger charge is -2.25. The average molecular weight is 443 g/mol. The van der Waals surface area contributed by atoms with Crippen LogP contribution in [0.3, 0.4) is 0 Å². The first kappa shape index (κ1) is 22.3. The Morgan fingerprint density at radius 2 is 1.76 bits per heavy atom. The second-order valence-corrected chi connectivity index (χ2v) is 8.39. The lowest BCUT2D eigenvalue weighted by Crippen LogP contribution is -2.29. The van der Waals surface area contributed by atoms with Gasteiger partial charge in [0.05, 0.1) is 17.7 Å². The molecule has 2 heterocycles. The van der Waals surface area contributed by atoms with Crippen molar-refractivity contribution in [3.8, 4) is 5.75 Å².